The van der Waals surface area contributed by atoms with E-state index in [-0.39, 0.29) is 16.1 Å². The number of hydrogen-bond acceptors (Lipinski definition) is 5. The van der Waals surface area contributed by atoms with Gasteiger partial charge in [0.25, 0.3) is 11.8 Å². The van der Waals surface area contributed by atoms with Gasteiger partial charge in [-0.25, -0.2) is 9.69 Å². The number of hydrogen-bond donors (Lipinski definition) is 1. The van der Waals surface area contributed by atoms with E-state index in [2.05, 4.69) is 26.1 Å². The van der Waals surface area contributed by atoms with E-state index >= 15 is 0 Å². The molecule has 0 saturated heterocycles. The molecule has 1 N–H and O–H groups in total. The summed E-state index contributed by atoms with van der Waals surface area (Å²) >= 11 is 12.2. The van der Waals surface area contributed by atoms with Gasteiger partial charge in [0.1, 0.15) is 16.5 Å². The second-order valence-corrected chi connectivity index (χ2v) is 10.7. The highest BCUT2D eigenvalue weighted by atomic mass is 35.5. The van der Waals surface area contributed by atoms with Gasteiger partial charge in [0.15, 0.2) is 0 Å². The minimum absolute atomic E-state index is 0.0502. The Hall–Kier alpha value is -3.61. The predicted molar refractivity (Wildman–Crippen MR) is 146 cm³/mol. The maximum Gasteiger partial charge on any atom is 0.343 e. The topological polar surface area (TPSA) is 75.7 Å². The van der Waals surface area contributed by atoms with Crippen molar-refractivity contribution in [3.05, 3.63) is 98.7 Å². The number of anilines is 2. The quantitative estimate of drug-likeness (QED) is 0.218. The smallest absolute Gasteiger partial charge is 0.343 e. The van der Waals surface area contributed by atoms with Gasteiger partial charge in [-0.2, -0.15) is 0 Å². The lowest BCUT2D eigenvalue weighted by atomic mass is 9.85. The number of carbonyl (C=O) groups excluding carboxylic acids is 3. The van der Waals surface area contributed by atoms with Gasteiger partial charge in [0.05, 0.1) is 11.3 Å². The van der Waals surface area contributed by atoms with Crippen LogP contribution >= 0.6 is 23.2 Å². The molecule has 0 unspecified atom stereocenters. The molecule has 1 heterocycles. The van der Waals surface area contributed by atoms with Crippen LogP contribution in [-0.2, 0) is 15.0 Å². The van der Waals surface area contributed by atoms with Crippen molar-refractivity contribution in [2.45, 2.75) is 40.0 Å². The molecule has 0 spiro atoms. The Balaban J connectivity index is 1.51. The van der Waals surface area contributed by atoms with Crippen LogP contribution in [0, 0.1) is 13.8 Å². The molecule has 0 radical (unpaired) electrons. The Morgan fingerprint density at radius 1 is 0.892 bits per heavy atom. The molecular formula is C29H26Cl2N2O4. The minimum Gasteiger partial charge on any atom is -0.423 e. The van der Waals surface area contributed by atoms with Crippen LogP contribution in [0.4, 0.5) is 11.4 Å². The molecule has 0 saturated carbocycles. The van der Waals surface area contributed by atoms with Gasteiger partial charge >= 0.3 is 5.97 Å². The van der Waals surface area contributed by atoms with Crippen LogP contribution in [-0.4, -0.2) is 17.8 Å². The molecule has 0 aliphatic carbocycles. The summed E-state index contributed by atoms with van der Waals surface area (Å²) in [5, 5.41) is 3.18. The van der Waals surface area contributed by atoms with Crippen LogP contribution in [0.5, 0.6) is 5.75 Å². The molecule has 4 rings (SSSR count). The summed E-state index contributed by atoms with van der Waals surface area (Å²) in [6, 6.07) is 17.0. The zero-order valence-electron chi connectivity index (χ0n) is 21.1. The molecule has 6 nitrogen and oxygen atoms in total. The molecule has 0 bridgehead atoms. The number of halogens is 2. The Bertz CT molecular complexity index is 1450. The first-order valence-electron chi connectivity index (χ1n) is 11.6. The molecule has 0 fully saturated rings. The fourth-order valence-corrected chi connectivity index (χ4v) is 4.45. The molecule has 8 heteroatoms. The largest absolute Gasteiger partial charge is 0.423 e. The highest BCUT2D eigenvalue weighted by molar-refractivity contribution is 6.53. The zero-order valence-corrected chi connectivity index (χ0v) is 22.6. The molecule has 1 aliphatic heterocycles. The van der Waals surface area contributed by atoms with E-state index in [1.807, 2.05) is 19.1 Å². The lowest BCUT2D eigenvalue weighted by molar-refractivity contribution is -0.120. The summed E-state index contributed by atoms with van der Waals surface area (Å²) in [6.45, 7) is 9.92. The SMILES string of the molecule is Cc1ccc(OC(=O)c2ccc(NC3=C(Cl)C(=O)N(c4ccc(Cl)cc4C)C3=O)cc2)c(C(C)(C)C)c1. The molecule has 37 heavy (non-hydrogen) atoms. The Morgan fingerprint density at radius 2 is 1.57 bits per heavy atom. The van der Waals surface area contributed by atoms with Crippen molar-refractivity contribution in [2.24, 2.45) is 0 Å². The Kier molecular flexibility index (Phi) is 7.18. The van der Waals surface area contributed by atoms with Crippen LogP contribution in [0.3, 0.4) is 0 Å². The number of nitrogens with zero attached hydrogens (tertiary/aromatic N) is 1. The molecule has 3 aromatic carbocycles. The number of esters is 1. The fourth-order valence-electron chi connectivity index (χ4n) is 4.01. The summed E-state index contributed by atoms with van der Waals surface area (Å²) < 4.78 is 5.71. The van der Waals surface area contributed by atoms with Gasteiger partial charge in [-0.3, -0.25) is 9.59 Å². The third kappa shape index (κ3) is 5.41. The van der Waals surface area contributed by atoms with Crippen LogP contribution in [0.25, 0.3) is 0 Å². The van der Waals surface area contributed by atoms with E-state index in [0.29, 0.717) is 33.3 Å². The lowest BCUT2D eigenvalue weighted by Crippen LogP contribution is -2.32. The van der Waals surface area contributed by atoms with Crippen molar-refractivity contribution in [3.8, 4) is 5.75 Å². The van der Waals surface area contributed by atoms with E-state index in [9.17, 15) is 14.4 Å². The summed E-state index contributed by atoms with van der Waals surface area (Å²) in [6.07, 6.45) is 0. The predicted octanol–water partition coefficient (Wildman–Crippen LogP) is 6.91. The Morgan fingerprint density at radius 3 is 2.19 bits per heavy atom. The average Bonchev–Trinajstić information content (AvgIpc) is 3.03. The van der Waals surface area contributed by atoms with Crippen molar-refractivity contribution in [1.82, 2.24) is 0 Å². The van der Waals surface area contributed by atoms with Gasteiger partial charge in [0.2, 0.25) is 0 Å². The summed E-state index contributed by atoms with van der Waals surface area (Å²) in [5.41, 5.74) is 3.63. The standard InChI is InChI=1S/C29H26Cl2N2O4/c1-16-6-13-23(21(14-16)29(3,4)5)37-28(36)18-7-10-20(11-8-18)32-25-24(31)26(34)33(27(25)35)22-12-9-19(30)15-17(22)2/h6-15,32H,1-5H3. The van der Waals surface area contributed by atoms with Crippen LogP contribution in [0.15, 0.2) is 71.4 Å². The molecule has 1 aliphatic rings. The normalized spacial score (nSPS) is 13.9. The first kappa shape index (κ1) is 26.5. The van der Waals surface area contributed by atoms with E-state index < -0.39 is 17.8 Å². The Labute approximate surface area is 225 Å². The molecule has 0 atom stereocenters. The molecule has 0 aromatic heterocycles. The third-order valence-corrected chi connectivity index (χ3v) is 6.55. The summed E-state index contributed by atoms with van der Waals surface area (Å²) in [4.78, 5) is 39.7. The van der Waals surface area contributed by atoms with E-state index in [1.54, 1.807) is 55.5 Å². The van der Waals surface area contributed by atoms with E-state index in [0.717, 1.165) is 16.0 Å². The first-order chi connectivity index (χ1) is 17.4. The van der Waals surface area contributed by atoms with Crippen molar-refractivity contribution >= 4 is 52.4 Å². The van der Waals surface area contributed by atoms with Crippen LogP contribution in [0.2, 0.25) is 5.02 Å². The number of nitrogens with one attached hydrogen (secondary N) is 1. The van der Waals surface area contributed by atoms with E-state index in [1.165, 1.54) is 0 Å². The van der Waals surface area contributed by atoms with Gasteiger partial charge in [-0.15, -0.1) is 0 Å². The highest BCUT2D eigenvalue weighted by Gasteiger charge is 2.39. The number of carbonyl (C=O) groups is 3. The maximum atomic E-state index is 13.1. The summed E-state index contributed by atoms with van der Waals surface area (Å²) in [5.74, 6) is -1.21. The number of ether oxygens (including phenoxy) is 1. The monoisotopic (exact) mass is 536 g/mol. The van der Waals surface area contributed by atoms with Gasteiger partial charge in [0, 0.05) is 16.3 Å². The van der Waals surface area contributed by atoms with Crippen molar-refractivity contribution < 1.29 is 19.1 Å². The molecule has 3 aromatic rings. The van der Waals surface area contributed by atoms with Crippen LogP contribution < -0.4 is 15.0 Å². The number of imide groups is 1. The second kappa shape index (κ2) is 10.0. The first-order valence-corrected chi connectivity index (χ1v) is 12.4. The van der Waals surface area contributed by atoms with Crippen molar-refractivity contribution in [1.29, 1.82) is 0 Å². The number of amides is 2. The lowest BCUT2D eigenvalue weighted by Gasteiger charge is -2.22. The third-order valence-electron chi connectivity index (χ3n) is 5.96. The van der Waals surface area contributed by atoms with E-state index in [4.69, 9.17) is 27.9 Å². The van der Waals surface area contributed by atoms with Crippen molar-refractivity contribution in [2.75, 3.05) is 10.2 Å². The maximum absolute atomic E-state index is 13.1. The van der Waals surface area contributed by atoms with Gasteiger partial charge < -0.3 is 10.1 Å². The fraction of sp³-hybridized carbons (Fsp3) is 0.207. The zero-order chi connectivity index (χ0) is 27.1. The highest BCUT2D eigenvalue weighted by Crippen LogP contribution is 2.34. The van der Waals surface area contributed by atoms with Gasteiger partial charge in [-0.1, -0.05) is 61.7 Å². The van der Waals surface area contributed by atoms with Crippen LogP contribution in [0.1, 0.15) is 47.8 Å². The molecular weight excluding hydrogens is 511 g/mol. The van der Waals surface area contributed by atoms with Gasteiger partial charge in [-0.05, 0) is 73.4 Å². The number of rotatable bonds is 5. The van der Waals surface area contributed by atoms with Crippen molar-refractivity contribution in [3.63, 3.8) is 0 Å². The second-order valence-electron chi connectivity index (χ2n) is 9.91. The number of benzene rings is 3. The summed E-state index contributed by atoms with van der Waals surface area (Å²) in [7, 11) is 0. The molecule has 190 valence electrons. The molecule has 2 amide bonds. The average molecular weight is 537 g/mol. The number of aryl methyl sites for hydroxylation is 2. The minimum atomic E-state index is -0.632.